The van der Waals surface area contributed by atoms with E-state index in [4.69, 9.17) is 10.9 Å². The lowest BCUT2D eigenvalue weighted by atomic mass is 10.1. The van der Waals surface area contributed by atoms with Gasteiger partial charge in [0.1, 0.15) is 5.84 Å². The van der Waals surface area contributed by atoms with E-state index in [1.165, 1.54) is 0 Å². The van der Waals surface area contributed by atoms with E-state index in [2.05, 4.69) is 22.3 Å². The summed E-state index contributed by atoms with van der Waals surface area (Å²) in [7, 11) is 0. The van der Waals surface area contributed by atoms with E-state index in [1.807, 2.05) is 13.8 Å². The number of oxime groups is 1. The summed E-state index contributed by atoms with van der Waals surface area (Å²) in [5.41, 5.74) is 5.39. The molecule has 0 spiro atoms. The Balaban J connectivity index is 3.46. The second kappa shape index (κ2) is 7.44. The lowest BCUT2D eigenvalue weighted by molar-refractivity contribution is 0.314. The Kier molecular flexibility index (Phi) is 6.75. The molecular weight excluding hydrogens is 166 g/mol. The third-order valence-electron chi connectivity index (χ3n) is 1.67. The topological polar surface area (TPSA) is 70.6 Å². The van der Waals surface area contributed by atoms with Crippen molar-refractivity contribution in [2.24, 2.45) is 16.8 Å². The zero-order valence-corrected chi connectivity index (χ0v) is 8.17. The lowest BCUT2D eigenvalue weighted by Crippen LogP contribution is -2.31. The first kappa shape index (κ1) is 11.8. The highest BCUT2D eigenvalue weighted by Gasteiger charge is 2.05. The van der Waals surface area contributed by atoms with Gasteiger partial charge < -0.3 is 16.3 Å². The van der Waals surface area contributed by atoms with Gasteiger partial charge in [0, 0.05) is 25.4 Å². The van der Waals surface area contributed by atoms with Crippen LogP contribution in [0.5, 0.6) is 0 Å². The van der Waals surface area contributed by atoms with Gasteiger partial charge in [-0.2, -0.15) is 0 Å². The van der Waals surface area contributed by atoms with E-state index < -0.39 is 0 Å². The molecule has 4 heteroatoms. The maximum atomic E-state index is 8.36. The molecule has 1 unspecified atom stereocenters. The lowest BCUT2D eigenvalue weighted by Gasteiger charge is -2.09. The first-order chi connectivity index (χ1) is 6.22. The maximum absolute atomic E-state index is 8.36. The monoisotopic (exact) mass is 183 g/mol. The maximum Gasteiger partial charge on any atom is 0.143 e. The Bertz CT molecular complexity index is 215. The Morgan fingerprint density at radius 1 is 1.69 bits per heavy atom. The standard InChI is InChI=1S/C9H17N3O/c1-3-4-5-6-11-7-8(2)9(10)12-13/h8,11,13H,5-7H2,1-2H3,(H2,10,12). The average molecular weight is 183 g/mol. The van der Waals surface area contributed by atoms with Crippen LogP contribution >= 0.6 is 0 Å². The molecule has 74 valence electrons. The smallest absolute Gasteiger partial charge is 0.143 e. The van der Waals surface area contributed by atoms with Crippen molar-refractivity contribution < 1.29 is 5.21 Å². The van der Waals surface area contributed by atoms with Gasteiger partial charge in [-0.1, -0.05) is 12.1 Å². The molecule has 0 amide bonds. The minimum atomic E-state index is 0.0552. The van der Waals surface area contributed by atoms with Crippen molar-refractivity contribution in [1.82, 2.24) is 5.32 Å². The van der Waals surface area contributed by atoms with Gasteiger partial charge in [0.25, 0.3) is 0 Å². The van der Waals surface area contributed by atoms with E-state index in [0.29, 0.717) is 6.54 Å². The zero-order chi connectivity index (χ0) is 10.1. The first-order valence-electron chi connectivity index (χ1n) is 4.30. The van der Waals surface area contributed by atoms with Gasteiger partial charge in [0.05, 0.1) is 0 Å². The summed E-state index contributed by atoms with van der Waals surface area (Å²) in [5, 5.41) is 14.4. The molecule has 4 N–H and O–H groups in total. The number of hydrogen-bond acceptors (Lipinski definition) is 3. The zero-order valence-electron chi connectivity index (χ0n) is 8.17. The second-order valence-corrected chi connectivity index (χ2v) is 2.81. The van der Waals surface area contributed by atoms with Crippen LogP contribution in [0.1, 0.15) is 20.3 Å². The van der Waals surface area contributed by atoms with Crippen molar-refractivity contribution in [1.29, 1.82) is 0 Å². The highest BCUT2D eigenvalue weighted by molar-refractivity contribution is 5.82. The number of nitrogens with two attached hydrogens (primary N) is 1. The normalized spacial score (nSPS) is 13.2. The molecule has 4 nitrogen and oxygen atoms in total. The molecule has 1 atom stereocenters. The van der Waals surface area contributed by atoms with Crippen molar-refractivity contribution >= 4 is 5.84 Å². The van der Waals surface area contributed by atoms with Crippen molar-refractivity contribution in [3.05, 3.63) is 0 Å². The van der Waals surface area contributed by atoms with Gasteiger partial charge >= 0.3 is 0 Å². The van der Waals surface area contributed by atoms with E-state index in [9.17, 15) is 0 Å². The number of hydrogen-bond donors (Lipinski definition) is 3. The molecule has 0 aromatic carbocycles. The van der Waals surface area contributed by atoms with Crippen molar-refractivity contribution in [3.8, 4) is 11.8 Å². The largest absolute Gasteiger partial charge is 0.409 e. The van der Waals surface area contributed by atoms with E-state index >= 15 is 0 Å². The van der Waals surface area contributed by atoms with E-state index in [0.717, 1.165) is 13.0 Å². The number of nitrogens with zero attached hydrogens (tertiary/aromatic N) is 1. The molecule has 0 saturated heterocycles. The van der Waals surface area contributed by atoms with Gasteiger partial charge in [-0.05, 0) is 6.92 Å². The van der Waals surface area contributed by atoms with Crippen LogP contribution in [0.15, 0.2) is 5.16 Å². The molecule has 0 aromatic heterocycles. The van der Waals surface area contributed by atoms with E-state index in [1.54, 1.807) is 0 Å². The molecular formula is C9H17N3O. The molecule has 0 aliphatic heterocycles. The Labute approximate surface area is 79.2 Å². The predicted molar refractivity (Wildman–Crippen MR) is 53.5 cm³/mol. The molecule has 0 fully saturated rings. The molecule has 0 aliphatic rings. The summed E-state index contributed by atoms with van der Waals surface area (Å²) in [6, 6.07) is 0. The molecule has 0 radical (unpaired) electrons. The van der Waals surface area contributed by atoms with Crippen LogP contribution in [0.2, 0.25) is 0 Å². The molecule has 0 aliphatic carbocycles. The predicted octanol–water partition coefficient (Wildman–Crippen LogP) is 0.372. The van der Waals surface area contributed by atoms with E-state index in [-0.39, 0.29) is 11.8 Å². The first-order valence-corrected chi connectivity index (χ1v) is 4.30. The van der Waals surface area contributed by atoms with Crippen LogP contribution in [0, 0.1) is 17.8 Å². The quantitative estimate of drug-likeness (QED) is 0.144. The van der Waals surface area contributed by atoms with Crippen LogP contribution in [-0.2, 0) is 0 Å². The van der Waals surface area contributed by atoms with Gasteiger partial charge in [-0.25, -0.2) is 0 Å². The number of amidine groups is 1. The summed E-state index contributed by atoms with van der Waals surface area (Å²) >= 11 is 0. The van der Waals surface area contributed by atoms with Crippen molar-refractivity contribution in [3.63, 3.8) is 0 Å². The summed E-state index contributed by atoms with van der Waals surface area (Å²) in [5.74, 6) is 6.07. The van der Waals surface area contributed by atoms with Gasteiger partial charge in [-0.15, -0.1) is 11.8 Å². The average Bonchev–Trinajstić information content (AvgIpc) is 2.16. The number of rotatable bonds is 5. The van der Waals surface area contributed by atoms with Crippen LogP contribution in [-0.4, -0.2) is 24.1 Å². The summed E-state index contributed by atoms with van der Waals surface area (Å²) < 4.78 is 0. The van der Waals surface area contributed by atoms with Gasteiger partial charge in [0.2, 0.25) is 0 Å². The molecule has 0 bridgehead atoms. The Morgan fingerprint density at radius 3 is 2.92 bits per heavy atom. The molecule has 0 heterocycles. The second-order valence-electron chi connectivity index (χ2n) is 2.81. The fourth-order valence-corrected chi connectivity index (χ4v) is 0.798. The Morgan fingerprint density at radius 2 is 2.38 bits per heavy atom. The minimum absolute atomic E-state index is 0.0552. The highest BCUT2D eigenvalue weighted by Crippen LogP contribution is 1.91. The highest BCUT2D eigenvalue weighted by atomic mass is 16.4. The number of nitrogens with one attached hydrogen (secondary N) is 1. The third kappa shape index (κ3) is 6.00. The van der Waals surface area contributed by atoms with Crippen molar-refractivity contribution in [2.45, 2.75) is 20.3 Å². The fraction of sp³-hybridized carbons (Fsp3) is 0.667. The van der Waals surface area contributed by atoms with Crippen LogP contribution in [0.4, 0.5) is 0 Å². The molecule has 0 saturated carbocycles. The SMILES string of the molecule is CC#CCCNCC(C)C(N)=NO. The molecule has 13 heavy (non-hydrogen) atoms. The van der Waals surface area contributed by atoms with Gasteiger partial charge in [0.15, 0.2) is 0 Å². The summed E-state index contributed by atoms with van der Waals surface area (Å²) in [4.78, 5) is 0. The third-order valence-corrected chi connectivity index (χ3v) is 1.67. The summed E-state index contributed by atoms with van der Waals surface area (Å²) in [6.45, 7) is 5.26. The van der Waals surface area contributed by atoms with Crippen LogP contribution in [0.3, 0.4) is 0 Å². The van der Waals surface area contributed by atoms with Gasteiger partial charge in [-0.3, -0.25) is 0 Å². The molecule has 0 rings (SSSR count). The minimum Gasteiger partial charge on any atom is -0.409 e. The van der Waals surface area contributed by atoms with Crippen LogP contribution < -0.4 is 11.1 Å². The summed E-state index contributed by atoms with van der Waals surface area (Å²) in [6.07, 6.45) is 0.833. The van der Waals surface area contributed by atoms with Crippen molar-refractivity contribution in [2.75, 3.05) is 13.1 Å². The Hall–Kier alpha value is -1.21. The fourth-order valence-electron chi connectivity index (χ4n) is 0.798. The molecule has 0 aromatic rings. The van der Waals surface area contributed by atoms with Crippen LogP contribution in [0.25, 0.3) is 0 Å².